The Kier molecular flexibility index (Phi) is 7.78. The summed E-state index contributed by atoms with van der Waals surface area (Å²) >= 11 is 6.28. The predicted molar refractivity (Wildman–Crippen MR) is 134 cm³/mol. The Hall–Kier alpha value is -2.32. The molecule has 0 atom stereocenters. The second-order valence-corrected chi connectivity index (χ2v) is 9.59. The molecule has 8 heteroatoms. The van der Waals surface area contributed by atoms with Gasteiger partial charge in [-0.1, -0.05) is 6.92 Å². The first-order valence-electron chi connectivity index (χ1n) is 10.7. The van der Waals surface area contributed by atoms with Crippen molar-refractivity contribution in [2.24, 2.45) is 0 Å². The molecule has 31 heavy (non-hydrogen) atoms. The highest BCUT2D eigenvalue weighted by Crippen LogP contribution is 2.39. The number of thiol groups is 1. The summed E-state index contributed by atoms with van der Waals surface area (Å²) in [4.78, 5) is 23.9. The number of hydrogen-bond donors (Lipinski definition) is 3. The molecule has 3 aromatic rings. The van der Waals surface area contributed by atoms with E-state index in [0.29, 0.717) is 11.7 Å². The molecule has 1 aromatic carbocycles. The summed E-state index contributed by atoms with van der Waals surface area (Å²) in [6.45, 7) is 6.06. The zero-order valence-electron chi connectivity index (χ0n) is 18.6. The zero-order chi connectivity index (χ0) is 22.5. The molecule has 0 aliphatic heterocycles. The van der Waals surface area contributed by atoms with E-state index in [1.807, 2.05) is 37.3 Å². The van der Waals surface area contributed by atoms with Gasteiger partial charge in [0.05, 0.1) is 5.39 Å². The van der Waals surface area contributed by atoms with Crippen molar-refractivity contribution in [1.82, 2.24) is 14.9 Å². The molecule has 0 radical (unpaired) electrons. The van der Waals surface area contributed by atoms with Gasteiger partial charge in [-0.2, -0.15) is 0 Å². The summed E-state index contributed by atoms with van der Waals surface area (Å²) in [5.74, 6) is 0.895. The number of carbonyl (C=O) groups excluding carboxylic acids is 1. The fourth-order valence-electron chi connectivity index (χ4n) is 3.50. The molecule has 1 aliphatic carbocycles. The van der Waals surface area contributed by atoms with Crippen molar-refractivity contribution in [3.63, 3.8) is 0 Å². The van der Waals surface area contributed by atoms with Crippen molar-refractivity contribution >= 4 is 57.8 Å². The molecule has 0 unspecified atom stereocenters. The number of nitrogen functional groups attached to an aromatic ring is 1. The predicted octanol–water partition coefficient (Wildman–Crippen LogP) is 5.23. The van der Waals surface area contributed by atoms with Crippen LogP contribution in [0.4, 0.5) is 17.2 Å². The second kappa shape index (κ2) is 10.3. The summed E-state index contributed by atoms with van der Waals surface area (Å²) in [5, 5.41) is 4.71. The smallest absolute Gasteiger partial charge is 0.209 e. The van der Waals surface area contributed by atoms with Gasteiger partial charge < -0.3 is 16.0 Å². The van der Waals surface area contributed by atoms with E-state index in [9.17, 15) is 4.79 Å². The molecule has 0 bridgehead atoms. The van der Waals surface area contributed by atoms with Crippen molar-refractivity contribution < 1.29 is 4.79 Å². The minimum atomic E-state index is 0.331. The van der Waals surface area contributed by atoms with Crippen LogP contribution < -0.4 is 11.1 Å². The summed E-state index contributed by atoms with van der Waals surface area (Å²) in [6.07, 6.45) is 8.18. The van der Waals surface area contributed by atoms with E-state index in [4.69, 9.17) is 5.73 Å². The molecule has 2 aromatic heterocycles. The fraction of sp³-hybridized carbons (Fsp3) is 0.435. The largest absolute Gasteiger partial charge is 0.398 e. The van der Waals surface area contributed by atoms with Gasteiger partial charge in [0.1, 0.15) is 17.0 Å². The summed E-state index contributed by atoms with van der Waals surface area (Å²) in [7, 11) is 1.76. The van der Waals surface area contributed by atoms with Gasteiger partial charge in [-0.3, -0.25) is 4.79 Å². The van der Waals surface area contributed by atoms with Crippen LogP contribution in [0.15, 0.2) is 23.4 Å². The van der Waals surface area contributed by atoms with Gasteiger partial charge in [-0.15, -0.1) is 24.0 Å². The van der Waals surface area contributed by atoms with Crippen molar-refractivity contribution in [3.05, 3.63) is 34.5 Å². The Morgan fingerprint density at radius 3 is 2.68 bits per heavy atom. The molecule has 4 rings (SSSR count). The minimum Gasteiger partial charge on any atom is -0.398 e. The molecule has 1 amide bonds. The number of nitrogens with zero attached hydrogens (tertiary/aromatic N) is 3. The number of aryl methyl sites for hydroxylation is 3. The van der Waals surface area contributed by atoms with Crippen molar-refractivity contribution in [2.45, 2.75) is 63.8 Å². The lowest BCUT2D eigenvalue weighted by Crippen LogP contribution is -2.23. The Bertz CT molecular complexity index is 1060. The van der Waals surface area contributed by atoms with Gasteiger partial charge in [0.2, 0.25) is 6.41 Å². The van der Waals surface area contributed by atoms with Crippen molar-refractivity contribution in [2.75, 3.05) is 18.1 Å². The fourth-order valence-corrected chi connectivity index (χ4v) is 4.92. The second-order valence-electron chi connectivity index (χ2n) is 8.02. The van der Waals surface area contributed by atoms with Gasteiger partial charge >= 0.3 is 0 Å². The minimum absolute atomic E-state index is 0.331. The number of benzene rings is 1. The van der Waals surface area contributed by atoms with Crippen LogP contribution in [0, 0.1) is 0 Å². The Labute approximate surface area is 193 Å². The molecule has 3 N–H and O–H groups in total. The molecule has 0 spiro atoms. The monoisotopic (exact) mass is 457 g/mol. The number of anilines is 3. The summed E-state index contributed by atoms with van der Waals surface area (Å²) in [6, 6.07) is 4.31. The van der Waals surface area contributed by atoms with Crippen molar-refractivity contribution in [1.29, 1.82) is 0 Å². The van der Waals surface area contributed by atoms with E-state index >= 15 is 0 Å². The van der Waals surface area contributed by atoms with Crippen LogP contribution in [-0.4, -0.2) is 34.4 Å². The van der Waals surface area contributed by atoms with Crippen LogP contribution in [0.2, 0.25) is 0 Å². The van der Waals surface area contributed by atoms with Crippen LogP contribution in [0.5, 0.6) is 0 Å². The number of nitrogens with one attached hydrogen (secondary N) is 1. The molecule has 0 fully saturated rings. The third-order valence-corrected chi connectivity index (χ3v) is 7.21. The van der Waals surface area contributed by atoms with Gasteiger partial charge in [0, 0.05) is 34.2 Å². The lowest BCUT2D eigenvalue weighted by Gasteiger charge is -2.15. The van der Waals surface area contributed by atoms with Crippen LogP contribution in [0.1, 0.15) is 49.6 Å². The normalized spacial score (nSPS) is 12.8. The number of rotatable bonds is 5. The van der Waals surface area contributed by atoms with Gasteiger partial charge in [0.25, 0.3) is 0 Å². The number of carbonyl (C=O) groups is 1. The molecule has 166 valence electrons. The Balaban J connectivity index is 0.000000339. The Morgan fingerprint density at radius 1 is 1.29 bits per heavy atom. The highest BCUT2D eigenvalue weighted by Gasteiger charge is 2.20. The molecule has 1 aliphatic rings. The first-order chi connectivity index (χ1) is 14.8. The molecule has 6 nitrogen and oxygen atoms in total. The van der Waals surface area contributed by atoms with Gasteiger partial charge in [-0.05, 0) is 69.2 Å². The average molecular weight is 458 g/mol. The SMILES string of the molecule is CC(C)N(C)C=O.CCc1cc(N)c(S)cc1Nc1ncnc2sc3c(c12)CCCC3. The number of fused-ring (bicyclic) bond motifs is 3. The highest BCUT2D eigenvalue weighted by atomic mass is 32.1. The number of nitrogens with two attached hydrogens (primary N) is 1. The van der Waals surface area contributed by atoms with Gasteiger partial charge in [0.15, 0.2) is 0 Å². The molecule has 2 heterocycles. The maximum Gasteiger partial charge on any atom is 0.209 e. The quantitative estimate of drug-likeness (QED) is 0.278. The third-order valence-electron chi connectivity index (χ3n) is 5.62. The summed E-state index contributed by atoms with van der Waals surface area (Å²) in [5.41, 5.74) is 10.3. The lowest BCUT2D eigenvalue weighted by atomic mass is 9.97. The van der Waals surface area contributed by atoms with E-state index in [-0.39, 0.29) is 0 Å². The Morgan fingerprint density at radius 2 is 2.03 bits per heavy atom. The molecular formula is C23H31N5OS2. The number of amides is 1. The topological polar surface area (TPSA) is 84.1 Å². The van der Waals surface area contributed by atoms with E-state index < -0.39 is 0 Å². The van der Waals surface area contributed by atoms with E-state index in [0.717, 1.165) is 40.5 Å². The molecule has 0 saturated carbocycles. The van der Waals surface area contributed by atoms with Crippen molar-refractivity contribution in [3.8, 4) is 0 Å². The molecular weight excluding hydrogens is 426 g/mol. The molecule has 0 saturated heterocycles. The van der Waals surface area contributed by atoms with E-state index in [2.05, 4.69) is 34.8 Å². The maximum absolute atomic E-state index is 9.87. The lowest BCUT2D eigenvalue weighted by molar-refractivity contribution is -0.118. The van der Waals surface area contributed by atoms with Crippen LogP contribution >= 0.6 is 24.0 Å². The number of thiophene rings is 1. The van der Waals surface area contributed by atoms with Crippen LogP contribution in [0.3, 0.4) is 0 Å². The van der Waals surface area contributed by atoms with E-state index in [1.165, 1.54) is 40.7 Å². The van der Waals surface area contributed by atoms with Crippen LogP contribution in [-0.2, 0) is 24.1 Å². The maximum atomic E-state index is 9.87. The first-order valence-corrected chi connectivity index (χ1v) is 11.9. The first kappa shape index (κ1) is 23.3. The van der Waals surface area contributed by atoms with E-state index in [1.54, 1.807) is 18.3 Å². The summed E-state index contributed by atoms with van der Waals surface area (Å²) < 4.78 is 0. The zero-order valence-corrected chi connectivity index (χ0v) is 20.3. The van der Waals surface area contributed by atoms with Crippen LogP contribution in [0.25, 0.3) is 10.2 Å². The third kappa shape index (κ3) is 5.30. The number of hydrogen-bond acceptors (Lipinski definition) is 7. The number of aromatic nitrogens is 2. The van der Waals surface area contributed by atoms with Gasteiger partial charge in [-0.25, -0.2) is 9.97 Å². The average Bonchev–Trinajstić information content (AvgIpc) is 3.15. The standard InChI is InChI=1S/C18H20N4S2.C5H11NO/c1-2-10-7-12(19)14(23)8-13(10)22-17-16-11-5-3-4-6-15(11)24-18(16)21-9-20-17;1-5(2)6(3)4-7/h7-9,23H,2-6,19H2,1H3,(H,20,21,22);4-5H,1-3H3. The highest BCUT2D eigenvalue weighted by molar-refractivity contribution is 7.80.